The number of benzene rings is 1. The molecule has 21 heavy (non-hydrogen) atoms. The Morgan fingerprint density at radius 3 is 2.52 bits per heavy atom. The number of nitrogens with zero attached hydrogens (tertiary/aromatic N) is 1. The molecule has 4 nitrogen and oxygen atoms in total. The highest BCUT2D eigenvalue weighted by Gasteiger charge is 2.35. The van der Waals surface area contributed by atoms with Crippen molar-refractivity contribution in [1.82, 2.24) is 4.90 Å². The predicted octanol–water partition coefficient (Wildman–Crippen LogP) is 2.70. The molecule has 0 amide bonds. The van der Waals surface area contributed by atoms with Crippen LogP contribution < -0.4 is 9.47 Å². The number of likely N-dealkylation sites (tertiary alicyclic amines) is 1. The zero-order chi connectivity index (χ0) is 15.3. The van der Waals surface area contributed by atoms with Crippen LogP contribution in [0, 0.1) is 0 Å². The molecule has 0 aliphatic carbocycles. The Labute approximate surface area is 127 Å². The Bertz CT molecular complexity index is 425. The second kappa shape index (κ2) is 7.14. The van der Waals surface area contributed by atoms with Gasteiger partial charge in [-0.1, -0.05) is 0 Å². The van der Waals surface area contributed by atoms with Gasteiger partial charge in [0.25, 0.3) is 0 Å². The average Bonchev–Trinajstić information content (AvgIpc) is 2.93. The molecule has 1 saturated heterocycles. The van der Waals surface area contributed by atoms with Crippen LogP contribution in [-0.4, -0.2) is 48.5 Å². The van der Waals surface area contributed by atoms with Crippen LogP contribution in [-0.2, 0) is 0 Å². The van der Waals surface area contributed by atoms with Gasteiger partial charge in [-0.15, -0.1) is 0 Å². The summed E-state index contributed by atoms with van der Waals surface area (Å²) in [5.41, 5.74) is -0.618. The van der Waals surface area contributed by atoms with Gasteiger partial charge in [-0.05, 0) is 63.9 Å². The van der Waals surface area contributed by atoms with Crippen LogP contribution >= 0.6 is 0 Å². The molecule has 1 aliphatic rings. The quantitative estimate of drug-likeness (QED) is 0.785. The van der Waals surface area contributed by atoms with E-state index in [0.717, 1.165) is 37.4 Å². The zero-order valence-corrected chi connectivity index (χ0v) is 13.3. The van der Waals surface area contributed by atoms with Gasteiger partial charge in [0, 0.05) is 12.6 Å². The van der Waals surface area contributed by atoms with E-state index in [0.29, 0.717) is 6.61 Å². The number of hydrogen-bond donors (Lipinski definition) is 1. The van der Waals surface area contributed by atoms with Crippen LogP contribution in [0.3, 0.4) is 0 Å². The van der Waals surface area contributed by atoms with Crippen LogP contribution in [0.5, 0.6) is 11.5 Å². The summed E-state index contributed by atoms with van der Waals surface area (Å²) in [6, 6.07) is 7.93. The number of methoxy groups -OCH3 is 1. The molecule has 0 radical (unpaired) electrons. The fourth-order valence-electron chi connectivity index (χ4n) is 3.02. The number of aliphatic hydroxyl groups is 1. The topological polar surface area (TPSA) is 41.9 Å². The molecule has 0 bridgehead atoms. The molecule has 1 unspecified atom stereocenters. The lowest BCUT2D eigenvalue weighted by Crippen LogP contribution is -2.46. The largest absolute Gasteiger partial charge is 0.497 e. The van der Waals surface area contributed by atoms with Crippen LogP contribution in [0.2, 0.25) is 0 Å². The molecule has 2 rings (SSSR count). The highest BCUT2D eigenvalue weighted by Crippen LogP contribution is 2.26. The molecule has 1 aromatic carbocycles. The molecule has 118 valence electrons. The standard InChI is InChI=1S/C17H27NO3/c1-17(2,19)16-6-4-11-18(16)12-5-13-21-15-9-7-14(20-3)8-10-15/h7-10,16,19H,4-6,11-13H2,1-3H3. The van der Waals surface area contributed by atoms with E-state index in [1.165, 1.54) is 6.42 Å². The van der Waals surface area contributed by atoms with Crippen molar-refractivity contribution >= 4 is 0 Å². The van der Waals surface area contributed by atoms with Gasteiger partial charge in [-0.25, -0.2) is 0 Å². The number of hydrogen-bond acceptors (Lipinski definition) is 4. The Kier molecular flexibility index (Phi) is 5.48. The molecule has 0 saturated carbocycles. The predicted molar refractivity (Wildman–Crippen MR) is 84.0 cm³/mol. The molecule has 1 aliphatic heterocycles. The third-order valence-corrected chi connectivity index (χ3v) is 4.10. The Hall–Kier alpha value is -1.26. The van der Waals surface area contributed by atoms with Crippen molar-refractivity contribution in [2.45, 2.75) is 44.8 Å². The van der Waals surface area contributed by atoms with Gasteiger partial charge in [0.15, 0.2) is 0 Å². The number of rotatable bonds is 7. The summed E-state index contributed by atoms with van der Waals surface area (Å²) in [7, 11) is 1.66. The summed E-state index contributed by atoms with van der Waals surface area (Å²) >= 11 is 0. The highest BCUT2D eigenvalue weighted by atomic mass is 16.5. The fraction of sp³-hybridized carbons (Fsp3) is 0.647. The van der Waals surface area contributed by atoms with E-state index < -0.39 is 5.60 Å². The third kappa shape index (κ3) is 4.61. The molecule has 1 heterocycles. The smallest absolute Gasteiger partial charge is 0.119 e. The molecule has 1 aromatic rings. The van der Waals surface area contributed by atoms with Crippen molar-refractivity contribution < 1.29 is 14.6 Å². The molecule has 1 atom stereocenters. The molecule has 4 heteroatoms. The second-order valence-electron chi connectivity index (χ2n) is 6.23. The maximum absolute atomic E-state index is 10.2. The minimum atomic E-state index is -0.618. The first-order chi connectivity index (χ1) is 10.0. The van der Waals surface area contributed by atoms with E-state index in [-0.39, 0.29) is 6.04 Å². The molecular formula is C17H27NO3. The summed E-state index contributed by atoms with van der Waals surface area (Å²) in [6.07, 6.45) is 3.23. The lowest BCUT2D eigenvalue weighted by molar-refractivity contribution is -0.00350. The number of ether oxygens (including phenoxy) is 2. The van der Waals surface area contributed by atoms with E-state index in [4.69, 9.17) is 9.47 Å². The molecule has 0 spiro atoms. The molecular weight excluding hydrogens is 266 g/mol. The van der Waals surface area contributed by atoms with Crippen molar-refractivity contribution in [2.24, 2.45) is 0 Å². The summed E-state index contributed by atoms with van der Waals surface area (Å²) < 4.78 is 10.9. The maximum atomic E-state index is 10.2. The lowest BCUT2D eigenvalue weighted by atomic mass is 9.96. The second-order valence-corrected chi connectivity index (χ2v) is 6.23. The van der Waals surface area contributed by atoms with Crippen molar-refractivity contribution in [3.8, 4) is 11.5 Å². The Morgan fingerprint density at radius 2 is 1.90 bits per heavy atom. The Balaban J connectivity index is 1.71. The summed E-state index contributed by atoms with van der Waals surface area (Å²) in [5, 5.41) is 10.2. The summed E-state index contributed by atoms with van der Waals surface area (Å²) in [4.78, 5) is 2.39. The first-order valence-corrected chi connectivity index (χ1v) is 7.74. The zero-order valence-electron chi connectivity index (χ0n) is 13.3. The van der Waals surface area contributed by atoms with Crippen molar-refractivity contribution in [1.29, 1.82) is 0 Å². The van der Waals surface area contributed by atoms with Crippen LogP contribution in [0.25, 0.3) is 0 Å². The van der Waals surface area contributed by atoms with E-state index in [9.17, 15) is 5.11 Å². The van der Waals surface area contributed by atoms with Gasteiger partial charge in [0.05, 0.1) is 19.3 Å². The molecule has 1 fully saturated rings. The fourth-order valence-corrected chi connectivity index (χ4v) is 3.02. The van der Waals surface area contributed by atoms with Crippen molar-refractivity contribution in [3.63, 3.8) is 0 Å². The van der Waals surface area contributed by atoms with Crippen LogP contribution in [0.1, 0.15) is 33.1 Å². The first-order valence-electron chi connectivity index (χ1n) is 7.74. The molecule has 1 N–H and O–H groups in total. The van der Waals surface area contributed by atoms with Gasteiger partial charge in [0.1, 0.15) is 11.5 Å². The van der Waals surface area contributed by atoms with Gasteiger partial charge in [-0.3, -0.25) is 4.90 Å². The van der Waals surface area contributed by atoms with E-state index >= 15 is 0 Å². The van der Waals surface area contributed by atoms with Gasteiger partial charge < -0.3 is 14.6 Å². The van der Waals surface area contributed by atoms with Gasteiger partial charge in [0.2, 0.25) is 0 Å². The van der Waals surface area contributed by atoms with Crippen LogP contribution in [0.4, 0.5) is 0 Å². The third-order valence-electron chi connectivity index (χ3n) is 4.10. The van der Waals surface area contributed by atoms with Gasteiger partial charge in [-0.2, -0.15) is 0 Å². The van der Waals surface area contributed by atoms with E-state index in [2.05, 4.69) is 4.90 Å². The summed E-state index contributed by atoms with van der Waals surface area (Å²) in [5.74, 6) is 1.71. The highest BCUT2D eigenvalue weighted by molar-refractivity contribution is 5.31. The van der Waals surface area contributed by atoms with Crippen molar-refractivity contribution in [3.05, 3.63) is 24.3 Å². The first kappa shape index (κ1) is 16.1. The Morgan fingerprint density at radius 1 is 1.24 bits per heavy atom. The lowest BCUT2D eigenvalue weighted by Gasteiger charge is -2.33. The summed E-state index contributed by atoms with van der Waals surface area (Å²) in [6.45, 7) is 6.57. The SMILES string of the molecule is COc1ccc(OCCCN2CCCC2C(C)(C)O)cc1. The monoisotopic (exact) mass is 293 g/mol. The average molecular weight is 293 g/mol. The maximum Gasteiger partial charge on any atom is 0.119 e. The van der Waals surface area contributed by atoms with Gasteiger partial charge >= 0.3 is 0 Å². The van der Waals surface area contributed by atoms with Crippen molar-refractivity contribution in [2.75, 3.05) is 26.8 Å². The van der Waals surface area contributed by atoms with E-state index in [1.54, 1.807) is 7.11 Å². The van der Waals surface area contributed by atoms with Crippen LogP contribution in [0.15, 0.2) is 24.3 Å². The normalized spacial score (nSPS) is 19.7. The minimum absolute atomic E-state index is 0.276. The molecule has 0 aromatic heterocycles. The minimum Gasteiger partial charge on any atom is -0.497 e. The van der Waals surface area contributed by atoms with E-state index in [1.807, 2.05) is 38.1 Å².